The molecule has 0 aromatic heterocycles. The third-order valence-electron chi connectivity index (χ3n) is 3.76. The van der Waals surface area contributed by atoms with E-state index < -0.39 is 0 Å². The summed E-state index contributed by atoms with van der Waals surface area (Å²) in [6, 6.07) is 0.454. The largest absolute Gasteiger partial charge is 0.340 e. The molecule has 2 aliphatic rings. The van der Waals surface area contributed by atoms with Crippen LogP contribution in [0.2, 0.25) is 0 Å². The molecule has 2 saturated heterocycles. The van der Waals surface area contributed by atoms with Crippen LogP contribution in [-0.2, 0) is 4.79 Å². The molecule has 0 aromatic carbocycles. The van der Waals surface area contributed by atoms with E-state index in [4.69, 9.17) is 0 Å². The number of hydrogen-bond acceptors (Lipinski definition) is 3. The number of thioether (sulfide) groups is 1. The highest BCUT2D eigenvalue weighted by Gasteiger charge is 2.30. The van der Waals surface area contributed by atoms with Crippen LogP contribution in [0, 0.1) is 0 Å². The van der Waals surface area contributed by atoms with E-state index in [1.165, 1.54) is 25.0 Å². The Labute approximate surface area is 115 Å². The highest BCUT2D eigenvalue weighted by atomic mass is 32.2. The first-order chi connectivity index (χ1) is 8.66. The van der Waals surface area contributed by atoms with Crippen molar-refractivity contribution in [1.82, 2.24) is 10.2 Å². The van der Waals surface area contributed by atoms with E-state index in [2.05, 4.69) is 35.8 Å². The van der Waals surface area contributed by atoms with Crippen LogP contribution in [-0.4, -0.2) is 47.0 Å². The first-order valence-electron chi connectivity index (χ1n) is 7.33. The SMILES string of the molecule is CC(C)NC1CCCN(CC2CCCCS2)C1=O. The molecule has 18 heavy (non-hydrogen) atoms. The van der Waals surface area contributed by atoms with Crippen molar-refractivity contribution in [2.24, 2.45) is 0 Å². The molecule has 0 radical (unpaired) electrons. The number of amides is 1. The molecular weight excluding hydrogens is 244 g/mol. The van der Waals surface area contributed by atoms with Gasteiger partial charge in [-0.15, -0.1) is 0 Å². The standard InChI is InChI=1S/C14H26N2OS/c1-11(2)15-13-7-5-8-16(14(13)17)10-12-6-3-4-9-18-12/h11-13,15H,3-10H2,1-2H3. The molecule has 0 bridgehead atoms. The van der Waals surface area contributed by atoms with Crippen LogP contribution in [0.15, 0.2) is 0 Å². The predicted octanol–water partition coefficient (Wildman–Crippen LogP) is 2.26. The second-order valence-electron chi connectivity index (χ2n) is 5.79. The summed E-state index contributed by atoms with van der Waals surface area (Å²) in [5.41, 5.74) is 0. The monoisotopic (exact) mass is 270 g/mol. The molecule has 3 nitrogen and oxygen atoms in total. The fourth-order valence-corrected chi connectivity index (χ4v) is 4.20. The van der Waals surface area contributed by atoms with Crippen molar-refractivity contribution in [1.29, 1.82) is 0 Å². The number of carbonyl (C=O) groups excluding carboxylic acids is 1. The Morgan fingerprint density at radius 3 is 2.83 bits per heavy atom. The fraction of sp³-hybridized carbons (Fsp3) is 0.929. The quantitative estimate of drug-likeness (QED) is 0.850. The van der Waals surface area contributed by atoms with E-state index in [1.54, 1.807) is 0 Å². The number of carbonyl (C=O) groups is 1. The van der Waals surface area contributed by atoms with Gasteiger partial charge >= 0.3 is 0 Å². The lowest BCUT2D eigenvalue weighted by Gasteiger charge is -2.36. The zero-order valence-corrected chi connectivity index (χ0v) is 12.5. The number of rotatable bonds is 4. The third kappa shape index (κ3) is 3.89. The maximum absolute atomic E-state index is 12.4. The average molecular weight is 270 g/mol. The second-order valence-corrected chi connectivity index (χ2v) is 7.20. The van der Waals surface area contributed by atoms with Gasteiger partial charge in [0.2, 0.25) is 5.91 Å². The molecule has 104 valence electrons. The van der Waals surface area contributed by atoms with Crippen molar-refractivity contribution in [2.45, 2.75) is 63.3 Å². The molecule has 0 spiro atoms. The van der Waals surface area contributed by atoms with E-state index in [0.29, 0.717) is 17.2 Å². The third-order valence-corrected chi connectivity index (χ3v) is 5.14. The Balaban J connectivity index is 1.85. The zero-order valence-electron chi connectivity index (χ0n) is 11.7. The molecule has 2 heterocycles. The van der Waals surface area contributed by atoms with Crippen molar-refractivity contribution in [3.05, 3.63) is 0 Å². The van der Waals surface area contributed by atoms with Crippen LogP contribution in [0.1, 0.15) is 46.0 Å². The van der Waals surface area contributed by atoms with Crippen molar-refractivity contribution >= 4 is 17.7 Å². The van der Waals surface area contributed by atoms with E-state index in [9.17, 15) is 4.79 Å². The van der Waals surface area contributed by atoms with Gasteiger partial charge in [0.15, 0.2) is 0 Å². The van der Waals surface area contributed by atoms with Crippen molar-refractivity contribution in [3.63, 3.8) is 0 Å². The van der Waals surface area contributed by atoms with E-state index in [-0.39, 0.29) is 6.04 Å². The van der Waals surface area contributed by atoms with E-state index >= 15 is 0 Å². The summed E-state index contributed by atoms with van der Waals surface area (Å²) in [6.45, 7) is 6.17. The van der Waals surface area contributed by atoms with Gasteiger partial charge < -0.3 is 10.2 Å². The topological polar surface area (TPSA) is 32.3 Å². The van der Waals surface area contributed by atoms with Crippen molar-refractivity contribution in [3.8, 4) is 0 Å². The molecule has 1 amide bonds. The number of hydrogen-bond donors (Lipinski definition) is 1. The molecule has 2 atom stereocenters. The van der Waals surface area contributed by atoms with E-state index in [0.717, 1.165) is 25.9 Å². The number of piperidine rings is 1. The molecule has 1 N–H and O–H groups in total. The summed E-state index contributed by atoms with van der Waals surface area (Å²) in [7, 11) is 0. The lowest BCUT2D eigenvalue weighted by Crippen LogP contribution is -2.53. The Hall–Kier alpha value is -0.220. The predicted molar refractivity (Wildman–Crippen MR) is 78.0 cm³/mol. The van der Waals surface area contributed by atoms with Crippen LogP contribution in [0.5, 0.6) is 0 Å². The summed E-state index contributed by atoms with van der Waals surface area (Å²) < 4.78 is 0. The number of nitrogens with one attached hydrogen (secondary N) is 1. The van der Waals surface area contributed by atoms with E-state index in [1.807, 2.05) is 0 Å². The van der Waals surface area contributed by atoms with Gasteiger partial charge in [0.05, 0.1) is 6.04 Å². The highest BCUT2D eigenvalue weighted by Crippen LogP contribution is 2.26. The maximum Gasteiger partial charge on any atom is 0.239 e. The first-order valence-corrected chi connectivity index (χ1v) is 8.38. The van der Waals surface area contributed by atoms with Crippen molar-refractivity contribution in [2.75, 3.05) is 18.8 Å². The molecule has 2 fully saturated rings. The Kier molecular flexibility index (Phi) is 5.37. The van der Waals surface area contributed by atoms with Crippen LogP contribution in [0.4, 0.5) is 0 Å². The first kappa shape index (κ1) is 14.2. The van der Waals surface area contributed by atoms with Gasteiger partial charge in [-0.25, -0.2) is 0 Å². The zero-order chi connectivity index (χ0) is 13.0. The van der Waals surface area contributed by atoms with Crippen LogP contribution < -0.4 is 5.32 Å². The summed E-state index contributed by atoms with van der Waals surface area (Å²) in [6.07, 6.45) is 6.13. The Morgan fingerprint density at radius 1 is 1.33 bits per heavy atom. The van der Waals surface area contributed by atoms with Gasteiger partial charge in [-0.3, -0.25) is 4.79 Å². The van der Waals surface area contributed by atoms with Gasteiger partial charge in [-0.05, 0) is 31.4 Å². The number of nitrogens with zero attached hydrogens (tertiary/aromatic N) is 1. The van der Waals surface area contributed by atoms with Gasteiger partial charge in [-0.2, -0.15) is 11.8 Å². The molecule has 2 rings (SSSR count). The summed E-state index contributed by atoms with van der Waals surface area (Å²) in [4.78, 5) is 14.5. The van der Waals surface area contributed by atoms with Crippen molar-refractivity contribution < 1.29 is 4.79 Å². The van der Waals surface area contributed by atoms with Gasteiger partial charge in [0.25, 0.3) is 0 Å². The lowest BCUT2D eigenvalue weighted by molar-refractivity contribution is -0.136. The summed E-state index contributed by atoms with van der Waals surface area (Å²) in [5, 5.41) is 4.08. The summed E-state index contributed by atoms with van der Waals surface area (Å²) >= 11 is 2.06. The van der Waals surface area contributed by atoms with Gasteiger partial charge in [0.1, 0.15) is 0 Å². The lowest BCUT2D eigenvalue weighted by atomic mass is 10.0. The Morgan fingerprint density at radius 2 is 2.17 bits per heavy atom. The summed E-state index contributed by atoms with van der Waals surface area (Å²) in [5.74, 6) is 1.61. The molecule has 2 aliphatic heterocycles. The second kappa shape index (κ2) is 6.80. The maximum atomic E-state index is 12.4. The minimum atomic E-state index is 0.0624. The van der Waals surface area contributed by atoms with Crippen LogP contribution >= 0.6 is 11.8 Å². The molecule has 2 unspecified atom stereocenters. The smallest absolute Gasteiger partial charge is 0.239 e. The molecular formula is C14H26N2OS. The fourth-order valence-electron chi connectivity index (χ4n) is 2.88. The molecule has 0 aliphatic carbocycles. The van der Waals surface area contributed by atoms with Crippen LogP contribution in [0.3, 0.4) is 0 Å². The molecule has 0 aromatic rings. The van der Waals surface area contributed by atoms with Gasteiger partial charge in [-0.1, -0.05) is 20.3 Å². The minimum absolute atomic E-state index is 0.0624. The van der Waals surface area contributed by atoms with Gasteiger partial charge in [0, 0.05) is 24.4 Å². The number of likely N-dealkylation sites (tertiary alicyclic amines) is 1. The molecule has 0 saturated carbocycles. The highest BCUT2D eigenvalue weighted by molar-refractivity contribution is 7.99. The normalized spacial score (nSPS) is 29.9. The average Bonchev–Trinajstić information content (AvgIpc) is 2.35. The Bertz CT molecular complexity index is 277. The minimum Gasteiger partial charge on any atom is -0.340 e. The van der Waals surface area contributed by atoms with Crippen LogP contribution in [0.25, 0.3) is 0 Å². The molecule has 4 heteroatoms.